The summed E-state index contributed by atoms with van der Waals surface area (Å²) in [5, 5.41) is 5.84. The van der Waals surface area contributed by atoms with Gasteiger partial charge in [0.1, 0.15) is 5.52 Å². The van der Waals surface area contributed by atoms with Gasteiger partial charge < -0.3 is 15.1 Å². The van der Waals surface area contributed by atoms with Crippen LogP contribution in [0.5, 0.6) is 0 Å². The Labute approximate surface area is 153 Å². The first-order valence-corrected chi connectivity index (χ1v) is 9.53. The Bertz CT molecular complexity index is 761. The number of oxazole rings is 1. The van der Waals surface area contributed by atoms with Crippen molar-refractivity contribution in [3.63, 3.8) is 0 Å². The number of rotatable bonds is 6. The highest BCUT2D eigenvalue weighted by Gasteiger charge is 2.15. The number of hydrogen-bond acceptors (Lipinski definition) is 4. The van der Waals surface area contributed by atoms with Crippen molar-refractivity contribution in [2.24, 2.45) is 0 Å². The minimum absolute atomic E-state index is 0.0375. The molecule has 140 valence electrons. The molecule has 1 aromatic heterocycles. The second kappa shape index (κ2) is 8.83. The van der Waals surface area contributed by atoms with Gasteiger partial charge in [0.15, 0.2) is 5.58 Å². The van der Waals surface area contributed by atoms with Crippen molar-refractivity contribution in [3.8, 4) is 0 Å². The molecule has 1 saturated carbocycles. The van der Waals surface area contributed by atoms with Crippen molar-refractivity contribution >= 4 is 22.9 Å². The summed E-state index contributed by atoms with van der Waals surface area (Å²) in [6.45, 7) is 2.21. The Morgan fingerprint density at radius 2 is 1.85 bits per heavy atom. The zero-order valence-corrected chi connectivity index (χ0v) is 15.3. The lowest BCUT2D eigenvalue weighted by molar-refractivity contribution is -0.127. The fourth-order valence-corrected chi connectivity index (χ4v) is 3.42. The second-order valence-corrected chi connectivity index (χ2v) is 7.06. The Morgan fingerprint density at radius 1 is 1.12 bits per heavy atom. The molecule has 0 radical (unpaired) electrons. The number of carbonyl (C=O) groups is 2. The molecule has 0 aliphatic heterocycles. The molecule has 2 aromatic rings. The molecular formula is C20H27N3O3. The lowest BCUT2D eigenvalue weighted by atomic mass is 10.1. The van der Waals surface area contributed by atoms with Gasteiger partial charge in [0.05, 0.1) is 6.54 Å². The molecular weight excluding hydrogens is 330 g/mol. The van der Waals surface area contributed by atoms with Crippen LogP contribution in [0.1, 0.15) is 62.8 Å². The summed E-state index contributed by atoms with van der Waals surface area (Å²) < 4.78 is 5.63. The average Bonchev–Trinajstić information content (AvgIpc) is 2.89. The van der Waals surface area contributed by atoms with Gasteiger partial charge >= 0.3 is 0 Å². The van der Waals surface area contributed by atoms with E-state index in [-0.39, 0.29) is 37.2 Å². The maximum absolute atomic E-state index is 12.0. The summed E-state index contributed by atoms with van der Waals surface area (Å²) in [6.07, 6.45) is 7.36. The normalized spacial score (nSPS) is 15.6. The molecule has 1 aliphatic carbocycles. The average molecular weight is 357 g/mol. The van der Waals surface area contributed by atoms with E-state index in [1.807, 2.05) is 25.1 Å². The topological polar surface area (TPSA) is 84.2 Å². The van der Waals surface area contributed by atoms with Crippen LogP contribution < -0.4 is 10.6 Å². The molecule has 26 heavy (non-hydrogen) atoms. The first-order valence-electron chi connectivity index (χ1n) is 9.53. The van der Waals surface area contributed by atoms with Gasteiger partial charge in [0.25, 0.3) is 0 Å². The summed E-state index contributed by atoms with van der Waals surface area (Å²) in [7, 11) is 0. The Morgan fingerprint density at radius 3 is 2.58 bits per heavy atom. The number of benzene rings is 1. The maximum Gasteiger partial charge on any atom is 0.220 e. The molecule has 0 atom stereocenters. The fourth-order valence-electron chi connectivity index (χ4n) is 3.42. The number of para-hydroxylation sites is 1. The van der Waals surface area contributed by atoms with Crippen LogP contribution >= 0.6 is 0 Å². The summed E-state index contributed by atoms with van der Waals surface area (Å²) >= 11 is 0. The molecule has 6 nitrogen and oxygen atoms in total. The van der Waals surface area contributed by atoms with Gasteiger partial charge in [-0.05, 0) is 31.4 Å². The molecule has 1 aromatic carbocycles. The lowest BCUT2D eigenvalue weighted by Gasteiger charge is -2.15. The monoisotopic (exact) mass is 357 g/mol. The molecule has 2 N–H and O–H groups in total. The minimum Gasteiger partial charge on any atom is -0.439 e. The van der Waals surface area contributed by atoms with Gasteiger partial charge in [-0.15, -0.1) is 0 Å². The number of fused-ring (bicyclic) bond motifs is 1. The lowest BCUT2D eigenvalue weighted by Crippen LogP contribution is -2.35. The minimum atomic E-state index is -0.167. The highest BCUT2D eigenvalue weighted by Crippen LogP contribution is 2.19. The van der Waals surface area contributed by atoms with E-state index in [0.29, 0.717) is 5.89 Å². The van der Waals surface area contributed by atoms with E-state index in [9.17, 15) is 9.59 Å². The van der Waals surface area contributed by atoms with E-state index >= 15 is 0 Å². The highest BCUT2D eigenvalue weighted by molar-refractivity contribution is 5.83. The van der Waals surface area contributed by atoms with Crippen molar-refractivity contribution in [2.75, 3.05) is 0 Å². The van der Waals surface area contributed by atoms with Crippen LogP contribution in [0.4, 0.5) is 0 Å². The number of nitrogens with one attached hydrogen (secondary N) is 2. The number of amides is 2. The van der Waals surface area contributed by atoms with E-state index in [1.165, 1.54) is 25.7 Å². The van der Waals surface area contributed by atoms with E-state index < -0.39 is 0 Å². The Balaban J connectivity index is 1.40. The molecule has 0 spiro atoms. The van der Waals surface area contributed by atoms with Crippen LogP contribution in [0.25, 0.3) is 11.1 Å². The van der Waals surface area contributed by atoms with Crippen LogP contribution in [-0.4, -0.2) is 22.8 Å². The SMILES string of the molecule is Cc1cccc2oc(CNC(=O)CCC(=O)NC3CCCCCC3)nc12. The Kier molecular flexibility index (Phi) is 6.26. The molecule has 1 heterocycles. The van der Waals surface area contributed by atoms with Gasteiger partial charge in [0.2, 0.25) is 17.7 Å². The van der Waals surface area contributed by atoms with Gasteiger partial charge in [-0.1, -0.05) is 37.8 Å². The first-order chi connectivity index (χ1) is 12.6. The smallest absolute Gasteiger partial charge is 0.220 e. The third-order valence-corrected chi connectivity index (χ3v) is 4.90. The van der Waals surface area contributed by atoms with Gasteiger partial charge in [0, 0.05) is 18.9 Å². The number of aryl methyl sites for hydroxylation is 1. The van der Waals surface area contributed by atoms with Crippen molar-refractivity contribution in [1.82, 2.24) is 15.6 Å². The highest BCUT2D eigenvalue weighted by atomic mass is 16.3. The molecule has 0 saturated heterocycles. The summed E-state index contributed by atoms with van der Waals surface area (Å²) in [5.41, 5.74) is 2.58. The number of hydrogen-bond donors (Lipinski definition) is 2. The predicted octanol–water partition coefficient (Wildman–Crippen LogP) is 3.37. The zero-order chi connectivity index (χ0) is 18.4. The Hall–Kier alpha value is -2.37. The van der Waals surface area contributed by atoms with E-state index in [1.54, 1.807) is 0 Å². The number of nitrogens with zero attached hydrogens (tertiary/aromatic N) is 1. The van der Waals surface area contributed by atoms with Crippen LogP contribution in [0.15, 0.2) is 22.6 Å². The van der Waals surface area contributed by atoms with Crippen LogP contribution in [0.2, 0.25) is 0 Å². The van der Waals surface area contributed by atoms with Crippen LogP contribution in [-0.2, 0) is 16.1 Å². The standard InChI is InChI=1S/C20H27N3O3/c1-14-7-6-10-16-20(14)23-19(26-16)13-21-17(24)11-12-18(25)22-15-8-4-2-3-5-9-15/h6-7,10,15H,2-5,8-9,11-13H2,1H3,(H,21,24)(H,22,25). The third-order valence-electron chi connectivity index (χ3n) is 4.90. The van der Waals surface area contributed by atoms with Gasteiger partial charge in [-0.25, -0.2) is 4.98 Å². The number of carbonyl (C=O) groups excluding carboxylic acids is 2. The summed E-state index contributed by atoms with van der Waals surface area (Å²) in [5.74, 6) is 0.273. The van der Waals surface area contributed by atoms with Crippen molar-refractivity contribution in [3.05, 3.63) is 29.7 Å². The predicted molar refractivity (Wildman–Crippen MR) is 99.5 cm³/mol. The van der Waals surface area contributed by atoms with Crippen LogP contribution in [0, 0.1) is 6.92 Å². The second-order valence-electron chi connectivity index (χ2n) is 7.06. The molecule has 3 rings (SSSR count). The summed E-state index contributed by atoms with van der Waals surface area (Å²) in [4.78, 5) is 28.4. The van der Waals surface area contributed by atoms with Crippen molar-refractivity contribution < 1.29 is 14.0 Å². The number of aromatic nitrogens is 1. The van der Waals surface area contributed by atoms with E-state index in [0.717, 1.165) is 29.5 Å². The van der Waals surface area contributed by atoms with E-state index in [2.05, 4.69) is 15.6 Å². The molecule has 0 unspecified atom stereocenters. The maximum atomic E-state index is 12.0. The van der Waals surface area contributed by atoms with Crippen molar-refractivity contribution in [1.29, 1.82) is 0 Å². The summed E-state index contributed by atoms with van der Waals surface area (Å²) in [6, 6.07) is 6.02. The first kappa shape index (κ1) is 18.4. The quantitative estimate of drug-likeness (QED) is 0.776. The largest absolute Gasteiger partial charge is 0.439 e. The molecule has 2 amide bonds. The van der Waals surface area contributed by atoms with Crippen LogP contribution in [0.3, 0.4) is 0 Å². The fraction of sp³-hybridized carbons (Fsp3) is 0.550. The molecule has 6 heteroatoms. The molecule has 1 fully saturated rings. The van der Waals surface area contributed by atoms with Gasteiger partial charge in [-0.3, -0.25) is 9.59 Å². The molecule has 0 bridgehead atoms. The zero-order valence-electron chi connectivity index (χ0n) is 15.3. The van der Waals surface area contributed by atoms with Crippen molar-refractivity contribution in [2.45, 2.75) is 70.9 Å². The van der Waals surface area contributed by atoms with Gasteiger partial charge in [-0.2, -0.15) is 0 Å². The molecule has 1 aliphatic rings. The third kappa shape index (κ3) is 5.07. The van der Waals surface area contributed by atoms with E-state index in [4.69, 9.17) is 4.42 Å².